The first-order valence-corrected chi connectivity index (χ1v) is 5.46. The molecule has 0 aromatic heterocycles. The van der Waals surface area contributed by atoms with Crippen molar-refractivity contribution in [3.63, 3.8) is 0 Å². The Morgan fingerprint density at radius 2 is 1.82 bits per heavy atom. The normalized spacial score (nSPS) is 32.1. The molecule has 0 aromatic carbocycles. The fourth-order valence-corrected chi connectivity index (χ4v) is 2.90. The van der Waals surface area contributed by atoms with Gasteiger partial charge in [-0.15, -0.1) is 0 Å². The molecule has 2 atom stereocenters. The number of hydrogen-bond donors (Lipinski definition) is 2. The molecule has 0 aliphatic heterocycles. The zero-order chi connectivity index (χ0) is 8.86. The van der Waals surface area contributed by atoms with Crippen molar-refractivity contribution in [2.45, 2.75) is 32.9 Å². The van der Waals surface area contributed by atoms with Gasteiger partial charge in [0.2, 0.25) is 0 Å². The summed E-state index contributed by atoms with van der Waals surface area (Å²) in [5.41, 5.74) is -0.311. The van der Waals surface area contributed by atoms with Crippen LogP contribution in [0.4, 0.5) is 0 Å². The summed E-state index contributed by atoms with van der Waals surface area (Å²) in [6.07, 6.45) is 0.688. The summed E-state index contributed by atoms with van der Waals surface area (Å²) in [6.45, 7) is 6.06. The maximum Gasteiger partial charge on any atom is 0.328 e. The fourth-order valence-electron chi connectivity index (χ4n) is 1.48. The Bertz CT molecular complexity index is 200. The van der Waals surface area contributed by atoms with Gasteiger partial charge in [-0.3, -0.25) is 4.57 Å². The molecule has 4 heteroatoms. The van der Waals surface area contributed by atoms with Crippen LogP contribution in [0.3, 0.4) is 0 Å². The molecule has 0 radical (unpaired) electrons. The Hall–Kier alpha value is 0.150. The van der Waals surface area contributed by atoms with E-state index in [-0.39, 0.29) is 17.0 Å². The highest BCUT2D eigenvalue weighted by molar-refractivity contribution is 7.53. The molecule has 2 N–H and O–H groups in total. The first-order valence-electron chi connectivity index (χ1n) is 3.78. The van der Waals surface area contributed by atoms with Gasteiger partial charge in [-0.1, -0.05) is 20.8 Å². The van der Waals surface area contributed by atoms with Gasteiger partial charge in [0.05, 0.1) is 5.66 Å². The molecule has 66 valence electrons. The topological polar surface area (TPSA) is 57.5 Å². The average Bonchev–Trinajstić information content (AvgIpc) is 2.30. The van der Waals surface area contributed by atoms with Crippen molar-refractivity contribution in [1.29, 1.82) is 0 Å². The van der Waals surface area contributed by atoms with E-state index in [9.17, 15) is 4.57 Å². The molecule has 3 nitrogen and oxygen atoms in total. The van der Waals surface area contributed by atoms with E-state index in [1.54, 1.807) is 0 Å². The summed E-state index contributed by atoms with van der Waals surface area (Å²) in [5, 5.41) is 0. The second-order valence-electron chi connectivity index (χ2n) is 4.36. The van der Waals surface area contributed by atoms with E-state index in [0.29, 0.717) is 6.42 Å². The lowest BCUT2D eigenvalue weighted by molar-refractivity contribution is 0.329. The van der Waals surface area contributed by atoms with Crippen LogP contribution < -0.4 is 0 Å². The first-order chi connectivity index (χ1) is 4.73. The van der Waals surface area contributed by atoms with Crippen LogP contribution in [0, 0.1) is 11.3 Å². The molecule has 1 saturated carbocycles. The lowest BCUT2D eigenvalue weighted by atomic mass is 9.90. The van der Waals surface area contributed by atoms with E-state index in [0.717, 1.165) is 0 Å². The Morgan fingerprint density at radius 3 is 1.91 bits per heavy atom. The van der Waals surface area contributed by atoms with E-state index >= 15 is 0 Å². The van der Waals surface area contributed by atoms with Crippen molar-refractivity contribution >= 4 is 7.60 Å². The van der Waals surface area contributed by atoms with E-state index in [2.05, 4.69) is 0 Å². The van der Waals surface area contributed by atoms with Crippen LogP contribution in [0.15, 0.2) is 0 Å². The van der Waals surface area contributed by atoms with Gasteiger partial charge in [0.1, 0.15) is 0 Å². The van der Waals surface area contributed by atoms with Crippen LogP contribution in [0.1, 0.15) is 27.2 Å². The highest BCUT2D eigenvalue weighted by Gasteiger charge is 2.54. The zero-order valence-electron chi connectivity index (χ0n) is 7.11. The molecule has 0 saturated heterocycles. The predicted molar refractivity (Wildman–Crippen MR) is 43.4 cm³/mol. The third kappa shape index (κ3) is 2.05. The summed E-state index contributed by atoms with van der Waals surface area (Å²) >= 11 is 0. The summed E-state index contributed by atoms with van der Waals surface area (Å²) in [5.74, 6) is 0.211. The second-order valence-corrected chi connectivity index (χ2v) is 6.21. The Labute approximate surface area is 67.0 Å². The molecule has 0 amide bonds. The Kier molecular flexibility index (Phi) is 1.95. The van der Waals surface area contributed by atoms with Gasteiger partial charge in [-0.25, -0.2) is 0 Å². The monoisotopic (exact) mass is 178 g/mol. The van der Waals surface area contributed by atoms with Crippen LogP contribution in [0.5, 0.6) is 0 Å². The first kappa shape index (κ1) is 9.24. The molecular formula is C7H15O3P. The SMILES string of the molecule is CC(C)(C)C1CC1P(=O)(O)O. The maximum atomic E-state index is 10.7. The predicted octanol–water partition coefficient (Wildman–Crippen LogP) is 1.60. The lowest BCUT2D eigenvalue weighted by Crippen LogP contribution is -2.11. The Morgan fingerprint density at radius 1 is 1.36 bits per heavy atom. The van der Waals surface area contributed by atoms with Crippen molar-refractivity contribution in [2.24, 2.45) is 11.3 Å². The minimum Gasteiger partial charge on any atom is -0.324 e. The molecule has 1 aliphatic carbocycles. The molecule has 0 spiro atoms. The average molecular weight is 178 g/mol. The van der Waals surface area contributed by atoms with Gasteiger partial charge in [0, 0.05) is 0 Å². The van der Waals surface area contributed by atoms with Gasteiger partial charge in [-0.05, 0) is 17.8 Å². The molecule has 2 unspecified atom stereocenters. The minimum atomic E-state index is -3.78. The van der Waals surface area contributed by atoms with Gasteiger partial charge >= 0.3 is 7.60 Å². The molecule has 1 aliphatic rings. The largest absolute Gasteiger partial charge is 0.328 e. The summed E-state index contributed by atoms with van der Waals surface area (Å²) in [7, 11) is -3.78. The summed E-state index contributed by atoms with van der Waals surface area (Å²) in [4.78, 5) is 17.6. The molecule has 0 aromatic rings. The van der Waals surface area contributed by atoms with Crippen LogP contribution in [-0.2, 0) is 4.57 Å². The zero-order valence-corrected chi connectivity index (χ0v) is 8.01. The van der Waals surface area contributed by atoms with Crippen molar-refractivity contribution in [2.75, 3.05) is 0 Å². The van der Waals surface area contributed by atoms with Crippen molar-refractivity contribution in [1.82, 2.24) is 0 Å². The lowest BCUT2D eigenvalue weighted by Gasteiger charge is -2.18. The second kappa shape index (κ2) is 2.32. The van der Waals surface area contributed by atoms with Crippen LogP contribution in [-0.4, -0.2) is 15.4 Å². The molecule has 0 heterocycles. The van der Waals surface area contributed by atoms with E-state index < -0.39 is 7.60 Å². The maximum absolute atomic E-state index is 10.7. The highest BCUT2D eigenvalue weighted by atomic mass is 31.2. The van der Waals surface area contributed by atoms with Crippen molar-refractivity contribution in [3.8, 4) is 0 Å². The van der Waals surface area contributed by atoms with Crippen LogP contribution in [0.2, 0.25) is 0 Å². The van der Waals surface area contributed by atoms with Crippen molar-refractivity contribution in [3.05, 3.63) is 0 Å². The molecule has 1 rings (SSSR count). The smallest absolute Gasteiger partial charge is 0.324 e. The van der Waals surface area contributed by atoms with E-state index in [4.69, 9.17) is 9.79 Å². The van der Waals surface area contributed by atoms with E-state index in [1.807, 2.05) is 20.8 Å². The van der Waals surface area contributed by atoms with Gasteiger partial charge < -0.3 is 9.79 Å². The molecule has 0 bridgehead atoms. The van der Waals surface area contributed by atoms with Crippen LogP contribution in [0.25, 0.3) is 0 Å². The van der Waals surface area contributed by atoms with Gasteiger partial charge in [0.15, 0.2) is 0 Å². The van der Waals surface area contributed by atoms with Gasteiger partial charge in [0.25, 0.3) is 0 Å². The molecule has 1 fully saturated rings. The quantitative estimate of drug-likeness (QED) is 0.599. The van der Waals surface area contributed by atoms with Gasteiger partial charge in [-0.2, -0.15) is 0 Å². The third-order valence-corrected chi connectivity index (χ3v) is 3.74. The number of hydrogen-bond acceptors (Lipinski definition) is 1. The third-order valence-electron chi connectivity index (χ3n) is 2.30. The van der Waals surface area contributed by atoms with Crippen LogP contribution >= 0.6 is 7.60 Å². The highest BCUT2D eigenvalue weighted by Crippen LogP contribution is 2.63. The summed E-state index contributed by atoms with van der Waals surface area (Å²) in [6, 6.07) is 0. The molecular weight excluding hydrogens is 163 g/mol. The molecule has 11 heavy (non-hydrogen) atoms. The Balaban J connectivity index is 2.58. The number of rotatable bonds is 1. The van der Waals surface area contributed by atoms with E-state index in [1.165, 1.54) is 0 Å². The summed E-state index contributed by atoms with van der Waals surface area (Å²) < 4.78 is 10.7. The standard InChI is InChI=1S/C7H15O3P/c1-7(2,3)5-4-6(5)11(8,9)10/h5-6H,4H2,1-3H3,(H2,8,9,10). The minimum absolute atomic E-state index is 0.0474. The fraction of sp³-hybridized carbons (Fsp3) is 1.00. The van der Waals surface area contributed by atoms with Crippen molar-refractivity contribution < 1.29 is 14.4 Å².